The molecule has 0 aromatic rings. The monoisotopic (exact) mass is 243 g/mol. The Labute approximate surface area is 75.3 Å². The van der Waals surface area contributed by atoms with Gasteiger partial charge in [-0.05, 0) is 0 Å². The first-order valence-corrected chi connectivity index (χ1v) is 3.20. The second-order valence-corrected chi connectivity index (χ2v) is 1.68. The van der Waals surface area contributed by atoms with Gasteiger partial charge in [0.2, 0.25) is 0 Å². The first kappa shape index (κ1) is 31.4. The van der Waals surface area contributed by atoms with Gasteiger partial charge in [-0.2, -0.15) is 0 Å². The van der Waals surface area contributed by atoms with Gasteiger partial charge in [-0.3, -0.25) is 0 Å². The Kier molecular flexibility index (Phi) is 64.7. The van der Waals surface area contributed by atoms with Crippen molar-refractivity contribution < 1.29 is 51.3 Å². The summed E-state index contributed by atoms with van der Waals surface area (Å²) in [6.45, 7) is 9.50. The minimum absolute atomic E-state index is 0. The van der Waals surface area contributed by atoms with Crippen molar-refractivity contribution in [1.82, 2.24) is 0 Å². The van der Waals surface area contributed by atoms with E-state index in [-0.39, 0.29) is 21.8 Å². The molecule has 0 aliphatic carbocycles. The van der Waals surface area contributed by atoms with Crippen LogP contribution in [0.2, 0.25) is 0 Å². The van der Waals surface area contributed by atoms with Crippen LogP contribution >= 0.6 is 0 Å². The van der Waals surface area contributed by atoms with Gasteiger partial charge in [0.15, 0.2) is 0 Å². The van der Waals surface area contributed by atoms with Crippen LogP contribution in [-0.2, 0) is 38.3 Å². The molecular formula is C2CrFFeN2O4. The van der Waals surface area contributed by atoms with Crippen LogP contribution in [0, 0.1) is 23.7 Å². The molecular weight excluding hydrogens is 243 g/mol. The van der Waals surface area contributed by atoms with Crippen LogP contribution in [0.5, 0.6) is 0 Å². The van der Waals surface area contributed by atoms with Crippen molar-refractivity contribution in [2.24, 2.45) is 0 Å². The third-order valence-electron chi connectivity index (χ3n) is 0. The Morgan fingerprint density at radius 2 is 1.00 bits per heavy atom. The van der Waals surface area contributed by atoms with Crippen molar-refractivity contribution in [3.8, 4) is 0 Å². The number of hydrogen-bond donors (Lipinski definition) is 0. The van der Waals surface area contributed by atoms with Crippen LogP contribution < -0.4 is 13.0 Å². The van der Waals surface area contributed by atoms with E-state index in [1.807, 2.05) is 0 Å². The van der Waals surface area contributed by atoms with Gasteiger partial charge in [0, 0.05) is 0 Å². The van der Waals surface area contributed by atoms with Crippen molar-refractivity contribution in [2.45, 2.75) is 0 Å². The van der Waals surface area contributed by atoms with Crippen molar-refractivity contribution in [3.63, 3.8) is 0 Å². The van der Waals surface area contributed by atoms with Crippen LogP contribution in [0.1, 0.15) is 0 Å². The van der Waals surface area contributed by atoms with E-state index < -0.39 is 13.6 Å². The summed E-state index contributed by atoms with van der Waals surface area (Å²) in [6.07, 6.45) is 0. The first-order valence-electron chi connectivity index (χ1n) is 1.11. The number of rotatable bonds is 0. The topological polar surface area (TPSA) is 128 Å². The van der Waals surface area contributed by atoms with Crippen LogP contribution in [0.15, 0.2) is 0 Å². The zero-order chi connectivity index (χ0) is 8.50. The first-order chi connectivity index (χ1) is 4.00. The molecule has 0 unspecified atom stereocenters. The van der Waals surface area contributed by atoms with Gasteiger partial charge in [-0.1, -0.05) is 0 Å². The molecule has 0 heterocycles. The molecule has 0 aliphatic heterocycles. The Balaban J connectivity index is -0.0000000178. The maximum absolute atomic E-state index is 8.59. The molecule has 0 N–H and O–H groups in total. The van der Waals surface area contributed by atoms with E-state index in [1.165, 1.54) is 0 Å². The molecule has 63 valence electrons. The van der Waals surface area contributed by atoms with Crippen LogP contribution in [-0.4, -0.2) is 0 Å². The number of nitrogens with zero attached hydrogens (tertiary/aromatic N) is 2. The van der Waals surface area contributed by atoms with Gasteiger partial charge in [0.05, 0.1) is 0 Å². The van der Waals surface area contributed by atoms with Gasteiger partial charge in [0.25, 0.3) is 0 Å². The Hall–Kier alpha value is -0.518. The van der Waals surface area contributed by atoms with E-state index >= 15 is 0 Å². The van der Waals surface area contributed by atoms with Gasteiger partial charge in [-0.15, -0.1) is 0 Å². The van der Waals surface area contributed by atoms with E-state index in [0.29, 0.717) is 0 Å². The van der Waals surface area contributed by atoms with Crippen molar-refractivity contribution in [3.05, 3.63) is 13.1 Å². The quantitative estimate of drug-likeness (QED) is 0.308. The summed E-state index contributed by atoms with van der Waals surface area (Å²) in [6, 6.07) is 0. The molecule has 1 radical (unpaired) electrons. The molecule has 6 nitrogen and oxygen atoms in total. The fourth-order valence-electron chi connectivity index (χ4n) is 0. The van der Waals surface area contributed by atoms with Crippen molar-refractivity contribution in [2.75, 3.05) is 0 Å². The Morgan fingerprint density at radius 1 is 1.00 bits per heavy atom. The predicted octanol–water partition coefficient (Wildman–Crippen LogP) is -5.42. The fourth-order valence-corrected chi connectivity index (χ4v) is 0. The Morgan fingerprint density at radius 3 is 1.00 bits per heavy atom. The maximum atomic E-state index is 8.59. The summed E-state index contributed by atoms with van der Waals surface area (Å²) in [5.41, 5.74) is 0. The molecule has 0 aromatic carbocycles. The summed E-state index contributed by atoms with van der Waals surface area (Å²) in [4.78, 5) is 0. The molecule has 0 rings (SSSR count). The molecule has 11 heavy (non-hydrogen) atoms. The molecule has 0 fully saturated rings. The van der Waals surface area contributed by atoms with Crippen molar-refractivity contribution in [1.29, 1.82) is 10.5 Å². The van der Waals surface area contributed by atoms with E-state index in [4.69, 9.17) is 39.6 Å². The molecule has 0 saturated carbocycles. The Bertz CT molecular complexity index is 161. The third-order valence-corrected chi connectivity index (χ3v) is 0. The zero-order valence-electron chi connectivity index (χ0n) is 4.67. The second-order valence-electron chi connectivity index (χ2n) is 0.408. The van der Waals surface area contributed by atoms with Crippen LogP contribution in [0.4, 0.5) is 0 Å². The summed E-state index contributed by atoms with van der Waals surface area (Å²) < 4.78 is 34.4. The number of hydrogen-bond acceptors (Lipinski definition) is 6. The third kappa shape index (κ3) is 1980. The van der Waals surface area contributed by atoms with Crippen molar-refractivity contribution >= 4 is 0 Å². The summed E-state index contributed by atoms with van der Waals surface area (Å²) >= 11 is -5.75. The number of halogens is 1. The fraction of sp³-hybridized carbons (Fsp3) is 0. The van der Waals surface area contributed by atoms with E-state index in [2.05, 4.69) is 0 Å². The van der Waals surface area contributed by atoms with E-state index in [9.17, 15) is 0 Å². The molecule has 0 spiro atoms. The summed E-state index contributed by atoms with van der Waals surface area (Å²) in [7, 11) is 0. The second kappa shape index (κ2) is 22.7. The van der Waals surface area contributed by atoms with Crippen LogP contribution in [0.3, 0.4) is 0 Å². The SMILES string of the molecule is [C-]#N.[C-]#N.[F-].[Fe+5].[O]=[Cr](=[O])([O-])[O-]. The molecule has 9 heteroatoms. The summed E-state index contributed by atoms with van der Waals surface area (Å²) in [5, 5.41) is 12.5. The zero-order valence-corrected chi connectivity index (χ0v) is 7.05. The average molecular weight is 243 g/mol. The van der Waals surface area contributed by atoms with Gasteiger partial charge in [0.1, 0.15) is 0 Å². The van der Waals surface area contributed by atoms with Gasteiger partial charge >= 0.3 is 46.6 Å². The van der Waals surface area contributed by atoms with Crippen LogP contribution in [0.25, 0.3) is 0 Å². The standard InChI is InChI=1S/2CN.Cr.FH.Fe.4O/c2*1-2;;;;;;;/h;;;1H;;;;;/q2*-1;;;+5;;;2*-1/p-1. The van der Waals surface area contributed by atoms with E-state index in [1.54, 1.807) is 0 Å². The molecule has 0 atom stereocenters. The summed E-state index contributed by atoms with van der Waals surface area (Å²) in [5.74, 6) is 0. The van der Waals surface area contributed by atoms with Gasteiger partial charge < -0.3 is 28.4 Å². The average Bonchev–Trinajstić information content (AvgIpc) is 1.72. The molecule has 0 aromatic heterocycles. The normalized spacial score (nSPS) is 5.64. The molecule has 0 amide bonds. The minimum atomic E-state index is -5.75. The molecule has 0 aliphatic rings. The predicted molar refractivity (Wildman–Crippen MR) is 11.3 cm³/mol. The van der Waals surface area contributed by atoms with E-state index in [0.717, 1.165) is 0 Å². The molecule has 0 saturated heterocycles. The molecule has 0 bridgehead atoms. The van der Waals surface area contributed by atoms with Gasteiger partial charge in [-0.25, -0.2) is 0 Å².